The van der Waals surface area contributed by atoms with E-state index in [1.165, 1.54) is 0 Å². The maximum absolute atomic E-state index is 12.8. The Kier molecular flexibility index (Phi) is 5.15. The van der Waals surface area contributed by atoms with Crippen molar-refractivity contribution in [1.82, 2.24) is 20.3 Å². The summed E-state index contributed by atoms with van der Waals surface area (Å²) >= 11 is 0. The predicted molar refractivity (Wildman–Crippen MR) is 91.3 cm³/mol. The van der Waals surface area contributed by atoms with E-state index in [1.807, 2.05) is 44.2 Å². The van der Waals surface area contributed by atoms with Crippen LogP contribution in [0.1, 0.15) is 19.4 Å². The van der Waals surface area contributed by atoms with Gasteiger partial charge < -0.3 is 15.2 Å². The molecule has 1 fully saturated rings. The minimum absolute atomic E-state index is 0.0577. The number of benzene rings is 1. The minimum Gasteiger partial charge on any atom is -0.461 e. The average molecular weight is 344 g/mol. The van der Waals surface area contributed by atoms with Gasteiger partial charge in [0.2, 0.25) is 0 Å². The number of aliphatic hydroxyl groups is 1. The summed E-state index contributed by atoms with van der Waals surface area (Å²) in [6.45, 7) is 4.54. The number of hydrogen-bond acceptors (Lipinski definition) is 6. The van der Waals surface area contributed by atoms with Crippen molar-refractivity contribution in [3.8, 4) is 0 Å². The number of rotatable bonds is 6. The zero-order valence-electron chi connectivity index (χ0n) is 14.5. The summed E-state index contributed by atoms with van der Waals surface area (Å²) in [4.78, 5) is 14.4. The fourth-order valence-corrected chi connectivity index (χ4v) is 3.67. The quantitative estimate of drug-likeness (QED) is 0.760. The normalized spacial score (nSPS) is 25.0. The smallest absolute Gasteiger partial charge is 0.311 e. The molecular weight excluding hydrogens is 320 g/mol. The van der Waals surface area contributed by atoms with Crippen LogP contribution in [0, 0.1) is 11.8 Å². The van der Waals surface area contributed by atoms with Crippen LogP contribution >= 0.6 is 0 Å². The van der Waals surface area contributed by atoms with Gasteiger partial charge in [0.1, 0.15) is 6.61 Å². The highest BCUT2D eigenvalue weighted by molar-refractivity contribution is 5.75. The molecule has 0 bridgehead atoms. The Labute approximate surface area is 147 Å². The summed E-state index contributed by atoms with van der Waals surface area (Å²) in [5.74, 6) is -0.829. The second kappa shape index (κ2) is 7.33. The molecule has 1 aromatic heterocycles. The van der Waals surface area contributed by atoms with Crippen molar-refractivity contribution in [2.45, 2.75) is 38.6 Å². The van der Waals surface area contributed by atoms with Gasteiger partial charge in [0.05, 0.1) is 31.5 Å². The largest absolute Gasteiger partial charge is 0.461 e. The first-order valence-corrected chi connectivity index (χ1v) is 8.44. The lowest BCUT2D eigenvalue weighted by molar-refractivity contribution is -0.153. The van der Waals surface area contributed by atoms with Gasteiger partial charge in [0.25, 0.3) is 0 Å². The van der Waals surface area contributed by atoms with Gasteiger partial charge in [-0.1, -0.05) is 30.3 Å². The van der Waals surface area contributed by atoms with Gasteiger partial charge in [-0.05, 0) is 19.4 Å². The van der Waals surface area contributed by atoms with Crippen LogP contribution in [0.5, 0.6) is 0 Å². The molecule has 1 aromatic carbocycles. The van der Waals surface area contributed by atoms with Crippen molar-refractivity contribution >= 4 is 5.97 Å². The minimum atomic E-state index is -0.487. The van der Waals surface area contributed by atoms with Crippen molar-refractivity contribution in [2.75, 3.05) is 6.61 Å². The lowest BCUT2D eigenvalue weighted by Gasteiger charge is -2.28. The summed E-state index contributed by atoms with van der Waals surface area (Å²) < 4.78 is 5.58. The van der Waals surface area contributed by atoms with E-state index in [1.54, 1.807) is 17.2 Å². The number of carbonyl (C=O) groups excluding carboxylic acids is 1. The van der Waals surface area contributed by atoms with Gasteiger partial charge in [-0.2, -0.15) is 15.0 Å². The fourth-order valence-electron chi connectivity index (χ4n) is 3.67. The Hall–Kier alpha value is -2.25. The molecule has 1 unspecified atom stereocenters. The molecule has 7 nitrogen and oxygen atoms in total. The molecule has 3 atom stereocenters. The number of nitrogens with one attached hydrogen (secondary N) is 1. The first-order valence-electron chi connectivity index (χ1n) is 8.44. The fraction of sp³-hybridized carbons (Fsp3) is 0.500. The van der Waals surface area contributed by atoms with Crippen LogP contribution in [-0.2, 0) is 22.7 Å². The molecule has 0 amide bonds. The molecule has 2 aromatic rings. The van der Waals surface area contributed by atoms with Gasteiger partial charge in [0.15, 0.2) is 0 Å². The number of nitrogens with zero attached hydrogens (tertiary/aromatic N) is 3. The zero-order chi connectivity index (χ0) is 17.9. The van der Waals surface area contributed by atoms with Crippen molar-refractivity contribution < 1.29 is 14.6 Å². The molecular formula is C18H24N4O3. The van der Waals surface area contributed by atoms with Crippen LogP contribution in [0.2, 0.25) is 0 Å². The molecule has 7 heteroatoms. The maximum Gasteiger partial charge on any atom is 0.311 e. The van der Waals surface area contributed by atoms with Crippen LogP contribution in [0.4, 0.5) is 0 Å². The van der Waals surface area contributed by atoms with E-state index in [0.29, 0.717) is 6.54 Å². The van der Waals surface area contributed by atoms with Crippen molar-refractivity contribution in [1.29, 1.82) is 0 Å². The molecule has 25 heavy (non-hydrogen) atoms. The third-order valence-electron chi connectivity index (χ3n) is 4.80. The topological polar surface area (TPSA) is 89.3 Å². The third kappa shape index (κ3) is 3.88. The Morgan fingerprint density at radius 2 is 1.96 bits per heavy atom. The van der Waals surface area contributed by atoms with Crippen LogP contribution in [0.25, 0.3) is 0 Å². The number of esters is 1. The molecule has 3 rings (SSSR count). The van der Waals surface area contributed by atoms with Gasteiger partial charge in [-0.15, -0.1) is 0 Å². The highest BCUT2D eigenvalue weighted by atomic mass is 16.5. The number of aromatic nitrogens is 3. The molecule has 2 heterocycles. The number of hydrogen-bond donors (Lipinski definition) is 2. The van der Waals surface area contributed by atoms with Gasteiger partial charge in [-0.3, -0.25) is 4.79 Å². The summed E-state index contributed by atoms with van der Waals surface area (Å²) in [5.41, 5.74) is 0.461. The van der Waals surface area contributed by atoms with Gasteiger partial charge in [0, 0.05) is 17.5 Å². The Bertz CT molecular complexity index is 688. The van der Waals surface area contributed by atoms with Crippen molar-refractivity contribution in [3.05, 3.63) is 48.3 Å². The maximum atomic E-state index is 12.8. The van der Waals surface area contributed by atoms with Crippen molar-refractivity contribution in [3.63, 3.8) is 0 Å². The Balaban J connectivity index is 1.75. The molecule has 134 valence electrons. The molecule has 1 aliphatic heterocycles. The summed E-state index contributed by atoms with van der Waals surface area (Å²) in [5, 5.41) is 21.3. The van der Waals surface area contributed by atoms with Crippen LogP contribution < -0.4 is 5.32 Å². The standard InChI is InChI=1S/C18H24N4O3/c1-18(2)16(17(24)25-12-13-6-4-3-5-7-13)14(15(11-23)21-18)10-22-19-8-9-20-22/h3-9,14-16,21,23H,10-12H2,1-2H3/t14-,15-,16?/m1/s1. The van der Waals surface area contributed by atoms with Gasteiger partial charge in [-0.25, -0.2) is 0 Å². The van der Waals surface area contributed by atoms with E-state index in [0.717, 1.165) is 5.56 Å². The first kappa shape index (κ1) is 17.6. The molecule has 0 aliphatic carbocycles. The first-order chi connectivity index (χ1) is 12.0. The Morgan fingerprint density at radius 3 is 2.60 bits per heavy atom. The summed E-state index contributed by atoms with van der Waals surface area (Å²) in [7, 11) is 0. The highest BCUT2D eigenvalue weighted by Gasteiger charge is 2.52. The number of carbonyl (C=O) groups is 1. The number of aliphatic hydroxyl groups excluding tert-OH is 1. The number of ether oxygens (including phenoxy) is 1. The van der Waals surface area contributed by atoms with E-state index >= 15 is 0 Å². The predicted octanol–water partition coefficient (Wildman–Crippen LogP) is 0.997. The molecule has 1 aliphatic rings. The molecule has 2 N–H and O–H groups in total. The van der Waals surface area contributed by atoms with Crippen LogP contribution in [0.15, 0.2) is 42.7 Å². The second-order valence-electron chi connectivity index (χ2n) is 6.97. The molecule has 1 saturated heterocycles. The molecule has 0 radical (unpaired) electrons. The van der Waals surface area contributed by atoms with E-state index in [2.05, 4.69) is 15.5 Å². The summed E-state index contributed by atoms with van der Waals surface area (Å²) in [6.07, 6.45) is 3.20. The lowest BCUT2D eigenvalue weighted by Crippen LogP contribution is -2.44. The average Bonchev–Trinajstić information content (AvgIpc) is 3.19. The van der Waals surface area contributed by atoms with Crippen LogP contribution in [0.3, 0.4) is 0 Å². The van der Waals surface area contributed by atoms with E-state index in [4.69, 9.17) is 4.74 Å². The highest BCUT2D eigenvalue weighted by Crippen LogP contribution is 2.37. The van der Waals surface area contributed by atoms with Crippen molar-refractivity contribution in [2.24, 2.45) is 11.8 Å². The zero-order valence-corrected chi connectivity index (χ0v) is 14.5. The molecule has 0 spiro atoms. The van der Waals surface area contributed by atoms with E-state index in [9.17, 15) is 9.90 Å². The molecule has 0 saturated carbocycles. The summed E-state index contributed by atoms with van der Waals surface area (Å²) in [6, 6.07) is 9.39. The SMILES string of the molecule is CC1(C)N[C@H](CO)[C@@H](Cn2nccn2)C1C(=O)OCc1ccccc1. The Morgan fingerprint density at radius 1 is 1.28 bits per heavy atom. The lowest BCUT2D eigenvalue weighted by atomic mass is 9.81. The monoisotopic (exact) mass is 344 g/mol. The van der Waals surface area contributed by atoms with Crippen LogP contribution in [-0.4, -0.2) is 44.3 Å². The van der Waals surface area contributed by atoms with E-state index in [-0.39, 0.29) is 31.1 Å². The van der Waals surface area contributed by atoms with E-state index < -0.39 is 11.5 Å². The third-order valence-corrected chi connectivity index (χ3v) is 4.80. The second-order valence-corrected chi connectivity index (χ2v) is 6.97. The van der Waals surface area contributed by atoms with Gasteiger partial charge >= 0.3 is 5.97 Å².